The van der Waals surface area contributed by atoms with Gasteiger partial charge in [0.05, 0.1) is 22.5 Å². The third kappa shape index (κ3) is 6.56. The molecule has 2 N–H and O–H groups in total. The lowest BCUT2D eigenvalue weighted by Crippen LogP contribution is -2.43. The normalized spacial score (nSPS) is 11.6. The molecule has 2 rings (SSSR count). The number of halogens is 2. The lowest BCUT2D eigenvalue weighted by molar-refractivity contribution is -0.122. The van der Waals surface area contributed by atoms with Gasteiger partial charge < -0.3 is 14.8 Å². The maximum atomic E-state index is 12.3. The van der Waals surface area contributed by atoms with E-state index in [0.29, 0.717) is 33.7 Å². The summed E-state index contributed by atoms with van der Waals surface area (Å²) in [6, 6.07) is 9.79. The van der Waals surface area contributed by atoms with Crippen LogP contribution in [-0.4, -0.2) is 37.8 Å². The van der Waals surface area contributed by atoms with Crippen molar-refractivity contribution >= 4 is 56.5 Å². The lowest BCUT2D eigenvalue weighted by Gasteiger charge is -2.13. The molecule has 9 heteroatoms. The van der Waals surface area contributed by atoms with Gasteiger partial charge in [0.25, 0.3) is 11.8 Å². The van der Waals surface area contributed by atoms with Gasteiger partial charge >= 0.3 is 0 Å². The fraction of sp³-hybridized carbons (Fsp3) is 0.190. The average molecular weight is 586 g/mol. The number of hydrogen-bond donors (Lipinski definition) is 2. The van der Waals surface area contributed by atoms with E-state index >= 15 is 0 Å². The molecule has 2 amide bonds. The monoisotopic (exact) mass is 585 g/mol. The highest BCUT2D eigenvalue weighted by atomic mass is 127. The van der Waals surface area contributed by atoms with E-state index < -0.39 is 11.9 Å². The third-order valence-corrected chi connectivity index (χ3v) is 5.34. The molecule has 0 aliphatic heterocycles. The number of nitrogens with zero attached hydrogens (tertiary/aromatic N) is 1. The minimum atomic E-state index is -0.772. The molecule has 0 aliphatic carbocycles. The fourth-order valence-corrected chi connectivity index (χ4v) is 3.60. The van der Waals surface area contributed by atoms with E-state index in [-0.39, 0.29) is 5.91 Å². The van der Waals surface area contributed by atoms with E-state index in [4.69, 9.17) is 9.47 Å². The van der Waals surface area contributed by atoms with Gasteiger partial charge in [-0.1, -0.05) is 24.8 Å². The number of rotatable bonds is 9. The molecule has 0 saturated heterocycles. The highest BCUT2D eigenvalue weighted by molar-refractivity contribution is 14.1. The van der Waals surface area contributed by atoms with Crippen molar-refractivity contribution in [2.75, 3.05) is 13.7 Å². The number of methoxy groups -OCH3 is 1. The zero-order valence-electron chi connectivity index (χ0n) is 16.4. The molecule has 2 aromatic rings. The molecule has 7 nitrogen and oxygen atoms in total. The molecule has 0 fully saturated rings. The van der Waals surface area contributed by atoms with E-state index in [1.807, 2.05) is 6.07 Å². The number of carbonyl (C=O) groups excluding carboxylic acids is 2. The van der Waals surface area contributed by atoms with Crippen molar-refractivity contribution in [1.82, 2.24) is 10.7 Å². The second-order valence-corrected chi connectivity index (χ2v) is 8.06. The number of carbonyl (C=O) groups is 2. The molecule has 0 saturated carbocycles. The van der Waals surface area contributed by atoms with Crippen LogP contribution in [0, 0.1) is 3.57 Å². The molecule has 0 spiro atoms. The van der Waals surface area contributed by atoms with Crippen LogP contribution >= 0.6 is 38.5 Å². The minimum absolute atomic E-state index is 0.358. The van der Waals surface area contributed by atoms with Crippen LogP contribution in [0.2, 0.25) is 0 Å². The van der Waals surface area contributed by atoms with Crippen LogP contribution in [0.1, 0.15) is 22.8 Å². The first kappa shape index (κ1) is 23.9. The van der Waals surface area contributed by atoms with Gasteiger partial charge in [-0.05, 0) is 75.3 Å². The molecule has 1 atom stereocenters. The standard InChI is InChI=1S/C21H21BrIN3O4/c1-4-9-30-19-17(23)10-14(11-18(19)29-3)12-24-26-20(27)13(2)25-21(28)15-7-5-6-8-16(15)22/h4-8,10-13H,1,9H2,2-3H3,(H,25,28)(H,26,27). The summed E-state index contributed by atoms with van der Waals surface area (Å²) in [4.78, 5) is 24.5. The van der Waals surface area contributed by atoms with E-state index in [1.165, 1.54) is 6.21 Å². The average Bonchev–Trinajstić information content (AvgIpc) is 2.72. The summed E-state index contributed by atoms with van der Waals surface area (Å²) in [5.74, 6) is 0.357. The summed E-state index contributed by atoms with van der Waals surface area (Å²) >= 11 is 5.45. The van der Waals surface area contributed by atoms with Gasteiger partial charge in [0.2, 0.25) is 0 Å². The number of amides is 2. The minimum Gasteiger partial charge on any atom is -0.493 e. The SMILES string of the molecule is C=CCOc1c(I)cc(C=NNC(=O)C(C)NC(=O)c2ccccc2Br)cc1OC. The van der Waals surface area contributed by atoms with Crippen molar-refractivity contribution in [2.24, 2.45) is 5.10 Å². The summed E-state index contributed by atoms with van der Waals surface area (Å²) in [5.41, 5.74) is 3.59. The van der Waals surface area contributed by atoms with Crippen molar-refractivity contribution in [1.29, 1.82) is 0 Å². The number of nitrogens with one attached hydrogen (secondary N) is 2. The Kier molecular flexibility index (Phi) is 9.31. The number of hydrazone groups is 1. The summed E-state index contributed by atoms with van der Waals surface area (Å²) in [6.45, 7) is 5.57. The van der Waals surface area contributed by atoms with Crippen molar-refractivity contribution < 1.29 is 19.1 Å². The van der Waals surface area contributed by atoms with Gasteiger partial charge in [-0.3, -0.25) is 9.59 Å². The molecule has 2 aromatic carbocycles. The molecular weight excluding hydrogens is 565 g/mol. The number of benzene rings is 2. The summed E-state index contributed by atoms with van der Waals surface area (Å²) in [6.07, 6.45) is 3.14. The van der Waals surface area contributed by atoms with Crippen molar-refractivity contribution in [3.8, 4) is 11.5 Å². The summed E-state index contributed by atoms with van der Waals surface area (Å²) < 4.78 is 12.5. The topological polar surface area (TPSA) is 89.0 Å². The van der Waals surface area contributed by atoms with Gasteiger partial charge in [0, 0.05) is 4.47 Å². The van der Waals surface area contributed by atoms with Crippen LogP contribution in [0.5, 0.6) is 11.5 Å². The van der Waals surface area contributed by atoms with Crippen LogP contribution in [0.4, 0.5) is 0 Å². The first-order valence-corrected chi connectivity index (χ1v) is 10.7. The second kappa shape index (κ2) is 11.7. The Balaban J connectivity index is 1.99. The van der Waals surface area contributed by atoms with Gasteiger partial charge in [-0.15, -0.1) is 0 Å². The van der Waals surface area contributed by atoms with Crippen molar-refractivity contribution in [3.63, 3.8) is 0 Å². The van der Waals surface area contributed by atoms with Crippen molar-refractivity contribution in [2.45, 2.75) is 13.0 Å². The van der Waals surface area contributed by atoms with Crippen molar-refractivity contribution in [3.05, 3.63) is 68.2 Å². The molecule has 0 aromatic heterocycles. The quantitative estimate of drug-likeness (QED) is 0.202. The summed E-state index contributed by atoms with van der Waals surface area (Å²) in [5, 5.41) is 6.61. The maximum Gasteiger partial charge on any atom is 0.262 e. The van der Waals surface area contributed by atoms with E-state index in [1.54, 1.807) is 50.4 Å². The Morgan fingerprint density at radius 1 is 1.33 bits per heavy atom. The Labute approximate surface area is 197 Å². The van der Waals surface area contributed by atoms with Gasteiger partial charge in [0.1, 0.15) is 12.6 Å². The first-order chi connectivity index (χ1) is 14.4. The first-order valence-electron chi connectivity index (χ1n) is 8.87. The Bertz CT molecular complexity index is 965. The van der Waals surface area contributed by atoms with Crippen LogP contribution in [-0.2, 0) is 4.79 Å². The highest BCUT2D eigenvalue weighted by Gasteiger charge is 2.17. The molecule has 1 unspecified atom stereocenters. The molecule has 30 heavy (non-hydrogen) atoms. The summed E-state index contributed by atoms with van der Waals surface area (Å²) in [7, 11) is 1.55. The second-order valence-electron chi connectivity index (χ2n) is 6.04. The highest BCUT2D eigenvalue weighted by Crippen LogP contribution is 2.33. The maximum absolute atomic E-state index is 12.3. The van der Waals surface area contributed by atoms with Crippen LogP contribution in [0.15, 0.2) is 58.6 Å². The zero-order valence-corrected chi connectivity index (χ0v) is 20.2. The third-order valence-electron chi connectivity index (χ3n) is 3.85. The number of hydrogen-bond acceptors (Lipinski definition) is 5. The molecule has 0 radical (unpaired) electrons. The molecular formula is C21H21BrIN3O4. The Morgan fingerprint density at radius 2 is 2.07 bits per heavy atom. The molecule has 158 valence electrons. The van der Waals surface area contributed by atoms with Crippen LogP contribution in [0.3, 0.4) is 0 Å². The molecule has 0 heterocycles. The van der Waals surface area contributed by atoms with Gasteiger partial charge in [-0.25, -0.2) is 5.43 Å². The van der Waals surface area contributed by atoms with Gasteiger partial charge in [0.15, 0.2) is 11.5 Å². The molecule has 0 aliphatic rings. The predicted octanol–water partition coefficient (Wildman–Crippen LogP) is 3.90. The van der Waals surface area contributed by atoms with Crippen LogP contribution in [0.25, 0.3) is 0 Å². The molecule has 0 bridgehead atoms. The zero-order chi connectivity index (χ0) is 22.1. The number of ether oxygens (including phenoxy) is 2. The Morgan fingerprint density at radius 3 is 2.73 bits per heavy atom. The van der Waals surface area contributed by atoms with Gasteiger partial charge in [-0.2, -0.15) is 5.10 Å². The van der Waals surface area contributed by atoms with E-state index in [9.17, 15) is 9.59 Å². The fourth-order valence-electron chi connectivity index (χ4n) is 2.35. The lowest BCUT2D eigenvalue weighted by atomic mass is 10.2. The smallest absolute Gasteiger partial charge is 0.262 e. The van der Waals surface area contributed by atoms with E-state index in [2.05, 4.69) is 60.9 Å². The Hall–Kier alpha value is -2.40. The van der Waals surface area contributed by atoms with Crippen LogP contribution < -0.4 is 20.2 Å². The van der Waals surface area contributed by atoms with E-state index in [0.717, 1.165) is 3.57 Å². The predicted molar refractivity (Wildman–Crippen MR) is 128 cm³/mol. The largest absolute Gasteiger partial charge is 0.493 e.